The van der Waals surface area contributed by atoms with Crippen LogP contribution in [0.25, 0.3) is 17.4 Å². The van der Waals surface area contributed by atoms with Crippen molar-refractivity contribution in [2.45, 2.75) is 27.4 Å². The van der Waals surface area contributed by atoms with Crippen LogP contribution in [0.15, 0.2) is 87.9 Å². The summed E-state index contributed by atoms with van der Waals surface area (Å²) < 4.78 is 11.4. The highest BCUT2D eigenvalue weighted by molar-refractivity contribution is 6.19. The van der Waals surface area contributed by atoms with Crippen molar-refractivity contribution in [2.75, 3.05) is 6.54 Å². The fourth-order valence-electron chi connectivity index (χ4n) is 3.99. The van der Waals surface area contributed by atoms with E-state index in [-0.39, 0.29) is 30.2 Å². The summed E-state index contributed by atoms with van der Waals surface area (Å²) in [7, 11) is 0. The van der Waals surface area contributed by atoms with E-state index in [0.717, 1.165) is 10.5 Å². The minimum atomic E-state index is -0.577. The number of ether oxygens (including phenoxy) is 1. The van der Waals surface area contributed by atoms with Crippen molar-refractivity contribution in [1.29, 1.82) is 5.26 Å². The van der Waals surface area contributed by atoms with Gasteiger partial charge in [0.25, 0.3) is 11.8 Å². The smallest absolute Gasteiger partial charge is 0.338 e. The lowest BCUT2D eigenvalue weighted by Gasteiger charge is -2.28. The molecule has 0 spiro atoms. The molecule has 0 saturated carbocycles. The molecule has 186 valence electrons. The lowest BCUT2D eigenvalue weighted by molar-refractivity contribution is -0.141. The molecule has 7 nitrogen and oxygen atoms in total. The van der Waals surface area contributed by atoms with Gasteiger partial charge >= 0.3 is 5.97 Å². The van der Waals surface area contributed by atoms with E-state index in [9.17, 15) is 19.6 Å². The first-order chi connectivity index (χ1) is 17.8. The first kappa shape index (κ1) is 25.4. The fourth-order valence-corrected chi connectivity index (χ4v) is 3.99. The van der Waals surface area contributed by atoms with Crippen LogP contribution in [0.2, 0.25) is 0 Å². The summed E-state index contributed by atoms with van der Waals surface area (Å²) in [6.07, 6.45) is 1.54. The number of esters is 1. The van der Waals surface area contributed by atoms with E-state index in [1.807, 2.05) is 50.2 Å². The van der Waals surface area contributed by atoms with E-state index in [1.165, 1.54) is 6.08 Å². The van der Waals surface area contributed by atoms with Crippen molar-refractivity contribution in [2.24, 2.45) is 5.92 Å². The zero-order valence-corrected chi connectivity index (χ0v) is 20.9. The molecular weight excluding hydrogens is 468 g/mol. The molecule has 2 amide bonds. The Kier molecular flexibility index (Phi) is 7.49. The van der Waals surface area contributed by atoms with E-state index in [1.54, 1.807) is 43.3 Å². The molecule has 0 bridgehead atoms. The average Bonchev–Trinajstić information content (AvgIpc) is 3.37. The summed E-state index contributed by atoms with van der Waals surface area (Å²) in [6, 6.07) is 21.7. The predicted octanol–water partition coefficient (Wildman–Crippen LogP) is 5.55. The standard InChI is InChI=1S/C30H26N2O5/c1-19(2)17-32-28(33)25(20(3)26(16-31)29(32)34)15-24-12-13-27(37-24)22-10-7-11-23(14-22)30(35)36-18-21-8-5-4-6-9-21/h4-15,19H,17-18H2,1-3H3/b25-15+. The fraction of sp³-hybridized carbons (Fsp3) is 0.200. The number of furan rings is 1. The van der Waals surface area contributed by atoms with Crippen molar-refractivity contribution < 1.29 is 23.5 Å². The van der Waals surface area contributed by atoms with Crippen LogP contribution in [0.3, 0.4) is 0 Å². The Labute approximate surface area is 215 Å². The van der Waals surface area contributed by atoms with E-state index >= 15 is 0 Å². The lowest BCUT2D eigenvalue weighted by Crippen LogP contribution is -2.44. The first-order valence-electron chi connectivity index (χ1n) is 11.9. The number of nitrogens with zero attached hydrogens (tertiary/aromatic N) is 2. The van der Waals surface area contributed by atoms with Gasteiger partial charge in [-0.2, -0.15) is 5.26 Å². The van der Waals surface area contributed by atoms with Crippen molar-refractivity contribution in [3.8, 4) is 17.4 Å². The van der Waals surface area contributed by atoms with Crippen molar-refractivity contribution >= 4 is 23.9 Å². The van der Waals surface area contributed by atoms with Crippen LogP contribution >= 0.6 is 0 Å². The van der Waals surface area contributed by atoms with Crippen LogP contribution < -0.4 is 0 Å². The molecule has 0 atom stereocenters. The van der Waals surface area contributed by atoms with Crippen LogP contribution in [0, 0.1) is 17.2 Å². The zero-order chi connectivity index (χ0) is 26.5. The Morgan fingerprint density at radius 1 is 1.05 bits per heavy atom. The van der Waals surface area contributed by atoms with Crippen LogP contribution in [0.1, 0.15) is 42.5 Å². The van der Waals surface area contributed by atoms with Gasteiger partial charge in [0.1, 0.15) is 29.8 Å². The SMILES string of the molecule is CC1=C(C#N)C(=O)N(CC(C)C)C(=O)/C1=C/c1ccc(-c2cccc(C(=O)OCc3ccccc3)c2)o1. The molecule has 0 saturated heterocycles. The molecule has 1 aromatic heterocycles. The Bertz CT molecular complexity index is 1450. The molecule has 37 heavy (non-hydrogen) atoms. The maximum Gasteiger partial charge on any atom is 0.338 e. The quantitative estimate of drug-likeness (QED) is 0.242. The zero-order valence-electron chi connectivity index (χ0n) is 20.9. The van der Waals surface area contributed by atoms with Gasteiger partial charge in [-0.05, 0) is 54.3 Å². The third-order valence-corrected chi connectivity index (χ3v) is 5.88. The maximum absolute atomic E-state index is 13.1. The largest absolute Gasteiger partial charge is 0.457 e. The Hall–Kier alpha value is -4.70. The lowest BCUT2D eigenvalue weighted by atomic mass is 9.94. The number of nitriles is 1. The molecule has 7 heteroatoms. The molecule has 4 rings (SSSR count). The number of hydrogen-bond acceptors (Lipinski definition) is 6. The normalized spacial score (nSPS) is 14.9. The molecule has 0 N–H and O–H groups in total. The summed E-state index contributed by atoms with van der Waals surface area (Å²) in [5.41, 5.74) is 2.43. The second-order valence-corrected chi connectivity index (χ2v) is 9.13. The van der Waals surface area contributed by atoms with Crippen molar-refractivity contribution in [1.82, 2.24) is 4.90 Å². The van der Waals surface area contributed by atoms with Gasteiger partial charge in [0.05, 0.1) is 5.56 Å². The van der Waals surface area contributed by atoms with E-state index in [0.29, 0.717) is 28.2 Å². The number of rotatable bonds is 7. The van der Waals surface area contributed by atoms with E-state index < -0.39 is 17.8 Å². The van der Waals surface area contributed by atoms with Crippen LogP contribution in [-0.2, 0) is 20.9 Å². The summed E-state index contributed by atoms with van der Waals surface area (Å²) >= 11 is 0. The van der Waals surface area contributed by atoms with Gasteiger partial charge in [0.15, 0.2) is 0 Å². The highest BCUT2D eigenvalue weighted by Gasteiger charge is 2.35. The molecule has 3 aromatic rings. The summed E-state index contributed by atoms with van der Waals surface area (Å²) in [6.45, 7) is 5.76. The number of benzene rings is 2. The van der Waals surface area contributed by atoms with Crippen molar-refractivity contribution in [3.05, 3.63) is 100 Å². The third-order valence-electron chi connectivity index (χ3n) is 5.88. The maximum atomic E-state index is 13.1. The molecule has 1 aliphatic heterocycles. The van der Waals surface area contributed by atoms with Gasteiger partial charge in [-0.15, -0.1) is 0 Å². The highest BCUT2D eigenvalue weighted by atomic mass is 16.5. The second kappa shape index (κ2) is 10.9. The molecule has 0 unspecified atom stereocenters. The molecular formula is C30H26N2O5. The van der Waals surface area contributed by atoms with Gasteiger partial charge in [0.2, 0.25) is 0 Å². The van der Waals surface area contributed by atoms with Gasteiger partial charge in [-0.1, -0.05) is 56.3 Å². The van der Waals surface area contributed by atoms with Gasteiger partial charge in [-0.25, -0.2) is 4.79 Å². The highest BCUT2D eigenvalue weighted by Crippen LogP contribution is 2.30. The van der Waals surface area contributed by atoms with Gasteiger partial charge in [-0.3, -0.25) is 14.5 Å². The van der Waals surface area contributed by atoms with Crippen LogP contribution in [0.4, 0.5) is 0 Å². The second-order valence-electron chi connectivity index (χ2n) is 9.13. The van der Waals surface area contributed by atoms with Gasteiger partial charge in [0, 0.05) is 17.7 Å². The number of imide groups is 1. The van der Waals surface area contributed by atoms with E-state index in [2.05, 4.69) is 0 Å². The Morgan fingerprint density at radius 2 is 1.81 bits per heavy atom. The van der Waals surface area contributed by atoms with Gasteiger partial charge < -0.3 is 9.15 Å². The van der Waals surface area contributed by atoms with Crippen molar-refractivity contribution in [3.63, 3.8) is 0 Å². The summed E-state index contributed by atoms with van der Waals surface area (Å²) in [5, 5.41) is 9.53. The molecule has 2 heterocycles. The summed E-state index contributed by atoms with van der Waals surface area (Å²) in [5.74, 6) is -0.569. The molecule has 2 aromatic carbocycles. The molecule has 0 fully saturated rings. The number of hydrogen-bond donors (Lipinski definition) is 0. The van der Waals surface area contributed by atoms with Crippen LogP contribution in [-0.4, -0.2) is 29.2 Å². The minimum absolute atomic E-state index is 0.0503. The monoisotopic (exact) mass is 494 g/mol. The Balaban J connectivity index is 1.57. The number of carbonyl (C=O) groups excluding carboxylic acids is 3. The molecule has 0 aliphatic carbocycles. The first-order valence-corrected chi connectivity index (χ1v) is 11.9. The average molecular weight is 495 g/mol. The van der Waals surface area contributed by atoms with E-state index in [4.69, 9.17) is 9.15 Å². The summed E-state index contributed by atoms with van der Waals surface area (Å²) in [4.78, 5) is 39.4. The molecule has 1 aliphatic rings. The molecule has 0 radical (unpaired) electrons. The predicted molar refractivity (Wildman–Crippen MR) is 138 cm³/mol. The minimum Gasteiger partial charge on any atom is -0.457 e. The Morgan fingerprint density at radius 3 is 2.51 bits per heavy atom. The van der Waals surface area contributed by atoms with Crippen LogP contribution in [0.5, 0.6) is 0 Å². The number of amides is 2. The topological polar surface area (TPSA) is 101 Å². The number of carbonyl (C=O) groups is 3. The third kappa shape index (κ3) is 5.60.